The predicted octanol–water partition coefficient (Wildman–Crippen LogP) is 2.25. The maximum absolute atomic E-state index is 11.3. The lowest BCUT2D eigenvalue weighted by molar-refractivity contribution is -0.169. The quantitative estimate of drug-likeness (QED) is 0.745. The minimum Gasteiger partial charge on any atom is -0.465 e. The van der Waals surface area contributed by atoms with Gasteiger partial charge in [0, 0.05) is 25.7 Å². The molecule has 1 unspecified atom stereocenters. The van der Waals surface area contributed by atoms with Crippen LogP contribution in [0.5, 0.6) is 0 Å². The summed E-state index contributed by atoms with van der Waals surface area (Å²) >= 11 is 0. The van der Waals surface area contributed by atoms with Crippen molar-refractivity contribution in [3.05, 3.63) is 23.4 Å². The molecular weight excluding hydrogens is 362 g/mol. The number of piperazine rings is 1. The van der Waals surface area contributed by atoms with Crippen LogP contribution < -0.4 is 4.90 Å². The third kappa shape index (κ3) is 4.24. The number of ether oxygens (including phenoxy) is 3. The predicted molar refractivity (Wildman–Crippen MR) is 102 cm³/mol. The number of carbonyl (C=O) groups is 1. The van der Waals surface area contributed by atoms with E-state index in [1.165, 1.54) is 10.5 Å². The monoisotopic (exact) mass is 391 g/mol. The molecule has 1 N–H and O–H groups in total. The first-order valence-corrected chi connectivity index (χ1v) is 10.2. The second-order valence-corrected chi connectivity index (χ2v) is 7.81. The largest absolute Gasteiger partial charge is 0.465 e. The zero-order valence-corrected chi connectivity index (χ0v) is 16.4. The van der Waals surface area contributed by atoms with E-state index in [9.17, 15) is 9.90 Å². The molecule has 0 spiro atoms. The first kappa shape index (κ1) is 19.4. The van der Waals surface area contributed by atoms with Crippen LogP contribution in [-0.2, 0) is 27.2 Å². The Morgan fingerprint density at radius 2 is 2.21 bits per heavy atom. The summed E-state index contributed by atoms with van der Waals surface area (Å²) in [6.07, 6.45) is 3.15. The fourth-order valence-corrected chi connectivity index (χ4v) is 4.38. The number of hydrogen-bond acceptors (Lipinski definition) is 6. The van der Waals surface area contributed by atoms with E-state index in [-0.39, 0.29) is 18.4 Å². The molecule has 0 aliphatic carbocycles. The van der Waals surface area contributed by atoms with Crippen molar-refractivity contribution < 1.29 is 24.1 Å². The molecule has 2 saturated heterocycles. The fourth-order valence-electron chi connectivity index (χ4n) is 4.38. The summed E-state index contributed by atoms with van der Waals surface area (Å²) in [5.74, 6) is 0.982. The zero-order valence-electron chi connectivity index (χ0n) is 16.4. The first-order chi connectivity index (χ1) is 13.6. The fraction of sp³-hybridized carbons (Fsp3) is 0.700. The molecule has 1 amide bonds. The summed E-state index contributed by atoms with van der Waals surface area (Å²) in [7, 11) is 0. The lowest BCUT2D eigenvalue weighted by Crippen LogP contribution is -2.58. The molecule has 8 heteroatoms. The van der Waals surface area contributed by atoms with E-state index in [4.69, 9.17) is 19.2 Å². The van der Waals surface area contributed by atoms with Gasteiger partial charge in [-0.15, -0.1) is 0 Å². The van der Waals surface area contributed by atoms with Gasteiger partial charge in [-0.2, -0.15) is 0 Å². The van der Waals surface area contributed by atoms with Crippen molar-refractivity contribution in [2.75, 3.05) is 37.8 Å². The SMILES string of the molecule is C[C@@H]1CN(C(=O)O)C[C@H]2Cc3ccc(COCCOC4CCCCO4)nc3N21. The van der Waals surface area contributed by atoms with Crippen LogP contribution in [0.25, 0.3) is 0 Å². The highest BCUT2D eigenvalue weighted by atomic mass is 16.7. The molecule has 28 heavy (non-hydrogen) atoms. The summed E-state index contributed by atoms with van der Waals surface area (Å²) in [5.41, 5.74) is 2.08. The molecule has 154 valence electrons. The first-order valence-electron chi connectivity index (χ1n) is 10.2. The van der Waals surface area contributed by atoms with Crippen LogP contribution in [0, 0.1) is 0 Å². The molecule has 0 saturated carbocycles. The van der Waals surface area contributed by atoms with E-state index in [1.54, 1.807) is 0 Å². The Kier molecular flexibility index (Phi) is 5.99. The van der Waals surface area contributed by atoms with E-state index in [1.807, 2.05) is 6.07 Å². The van der Waals surface area contributed by atoms with Crippen molar-refractivity contribution in [1.82, 2.24) is 9.88 Å². The van der Waals surface area contributed by atoms with Gasteiger partial charge in [0.05, 0.1) is 31.6 Å². The smallest absolute Gasteiger partial charge is 0.407 e. The van der Waals surface area contributed by atoms with Crippen LogP contribution in [0.2, 0.25) is 0 Å². The molecule has 3 aliphatic heterocycles. The number of hydrogen-bond donors (Lipinski definition) is 1. The van der Waals surface area contributed by atoms with Crippen LogP contribution >= 0.6 is 0 Å². The maximum Gasteiger partial charge on any atom is 0.407 e. The maximum atomic E-state index is 11.3. The zero-order chi connectivity index (χ0) is 19.5. The van der Waals surface area contributed by atoms with Gasteiger partial charge in [-0.3, -0.25) is 0 Å². The number of fused-ring (bicyclic) bond motifs is 3. The van der Waals surface area contributed by atoms with E-state index in [2.05, 4.69) is 17.9 Å². The molecule has 0 radical (unpaired) electrons. The lowest BCUT2D eigenvalue weighted by atomic mass is 10.1. The summed E-state index contributed by atoms with van der Waals surface area (Å²) in [6.45, 7) is 5.35. The van der Waals surface area contributed by atoms with Crippen LogP contribution in [0.1, 0.15) is 37.4 Å². The lowest BCUT2D eigenvalue weighted by Gasteiger charge is -2.42. The van der Waals surface area contributed by atoms with E-state index >= 15 is 0 Å². The second-order valence-electron chi connectivity index (χ2n) is 7.81. The third-order valence-corrected chi connectivity index (χ3v) is 5.69. The average molecular weight is 391 g/mol. The van der Waals surface area contributed by atoms with Gasteiger partial charge in [-0.05, 0) is 44.2 Å². The molecule has 4 heterocycles. The minimum atomic E-state index is -0.842. The summed E-state index contributed by atoms with van der Waals surface area (Å²) in [6, 6.07) is 4.39. The number of carboxylic acid groups (broad SMARTS) is 1. The van der Waals surface area contributed by atoms with Gasteiger partial charge < -0.3 is 29.1 Å². The van der Waals surface area contributed by atoms with Crippen molar-refractivity contribution in [1.29, 1.82) is 0 Å². The number of amides is 1. The molecule has 0 bridgehead atoms. The highest BCUT2D eigenvalue weighted by molar-refractivity contribution is 5.67. The number of pyridine rings is 1. The molecular formula is C20H29N3O5. The number of anilines is 1. The molecule has 1 aromatic heterocycles. The van der Waals surface area contributed by atoms with Crippen LogP contribution in [0.4, 0.5) is 10.6 Å². The molecule has 1 aromatic rings. The number of rotatable bonds is 6. The summed E-state index contributed by atoms with van der Waals surface area (Å²) < 4.78 is 17.0. The normalized spacial score (nSPS) is 26.8. The van der Waals surface area contributed by atoms with Crippen LogP contribution in [0.3, 0.4) is 0 Å². The average Bonchev–Trinajstić information content (AvgIpc) is 3.06. The topological polar surface area (TPSA) is 84.4 Å². The van der Waals surface area contributed by atoms with Gasteiger partial charge in [0.2, 0.25) is 0 Å². The Balaban J connectivity index is 1.28. The third-order valence-electron chi connectivity index (χ3n) is 5.69. The van der Waals surface area contributed by atoms with Crippen LogP contribution in [0.15, 0.2) is 12.1 Å². The van der Waals surface area contributed by atoms with Crippen LogP contribution in [-0.4, -0.2) is 72.4 Å². The molecule has 0 aromatic carbocycles. The van der Waals surface area contributed by atoms with Gasteiger partial charge in [-0.25, -0.2) is 9.78 Å². The van der Waals surface area contributed by atoms with Gasteiger partial charge in [-0.1, -0.05) is 6.07 Å². The van der Waals surface area contributed by atoms with Crippen molar-refractivity contribution >= 4 is 11.9 Å². The number of nitrogens with zero attached hydrogens (tertiary/aromatic N) is 3. The Morgan fingerprint density at radius 1 is 1.32 bits per heavy atom. The standard InChI is InChI=1S/C20H29N3O5/c1-14-11-22(20(24)25)12-17-10-15-5-6-16(21-19(15)23(14)17)13-26-8-9-28-18-4-2-3-7-27-18/h5-6,14,17-18H,2-4,7-13H2,1H3,(H,24,25)/t14-,17-,18?/m1/s1. The Morgan fingerprint density at radius 3 is 3.00 bits per heavy atom. The number of aromatic nitrogens is 1. The molecule has 3 aliphatic rings. The molecule has 4 rings (SSSR count). The van der Waals surface area contributed by atoms with Crippen molar-refractivity contribution in [2.24, 2.45) is 0 Å². The van der Waals surface area contributed by atoms with Gasteiger partial charge in [0.25, 0.3) is 0 Å². The Hall–Kier alpha value is -1.90. The highest BCUT2D eigenvalue weighted by Gasteiger charge is 2.40. The van der Waals surface area contributed by atoms with Crippen molar-refractivity contribution in [3.63, 3.8) is 0 Å². The molecule has 3 atom stereocenters. The summed E-state index contributed by atoms with van der Waals surface area (Å²) in [5, 5.41) is 9.32. The van der Waals surface area contributed by atoms with Gasteiger partial charge in [0.15, 0.2) is 6.29 Å². The van der Waals surface area contributed by atoms with E-state index < -0.39 is 6.09 Å². The van der Waals surface area contributed by atoms with Crippen molar-refractivity contribution in [3.8, 4) is 0 Å². The van der Waals surface area contributed by atoms with E-state index in [0.717, 1.165) is 43.8 Å². The molecule has 2 fully saturated rings. The highest BCUT2D eigenvalue weighted by Crippen LogP contribution is 2.35. The van der Waals surface area contributed by atoms with Gasteiger partial charge >= 0.3 is 6.09 Å². The minimum absolute atomic E-state index is 0.0849. The van der Waals surface area contributed by atoms with Crippen molar-refractivity contribution in [2.45, 2.75) is 57.6 Å². The summed E-state index contributed by atoms with van der Waals surface area (Å²) in [4.78, 5) is 20.0. The Labute approximate surface area is 165 Å². The second kappa shape index (κ2) is 8.63. The van der Waals surface area contributed by atoms with E-state index in [0.29, 0.717) is 32.9 Å². The molecule has 8 nitrogen and oxygen atoms in total. The Bertz CT molecular complexity index is 694. The van der Waals surface area contributed by atoms with Gasteiger partial charge in [0.1, 0.15) is 5.82 Å².